The summed E-state index contributed by atoms with van der Waals surface area (Å²) in [4.78, 5) is 26.7. The van der Waals surface area contributed by atoms with Crippen LogP contribution in [-0.2, 0) is 29.4 Å². The van der Waals surface area contributed by atoms with Gasteiger partial charge in [-0.15, -0.1) is 21.5 Å². The Bertz CT molecular complexity index is 1520. The normalized spacial score (nSPS) is 12.9. The van der Waals surface area contributed by atoms with Crippen molar-refractivity contribution in [2.45, 2.75) is 44.7 Å². The van der Waals surface area contributed by atoms with Crippen LogP contribution < -0.4 is 5.32 Å². The third kappa shape index (κ3) is 4.97. The van der Waals surface area contributed by atoms with E-state index in [2.05, 4.69) is 20.6 Å². The number of ether oxygens (including phenoxy) is 1. The molecule has 0 radical (unpaired) electrons. The highest BCUT2D eigenvalue weighted by Crippen LogP contribution is 2.39. The van der Waals surface area contributed by atoms with E-state index in [1.54, 1.807) is 4.68 Å². The van der Waals surface area contributed by atoms with E-state index in [0.29, 0.717) is 32.3 Å². The van der Waals surface area contributed by atoms with Gasteiger partial charge >= 0.3 is 5.97 Å². The van der Waals surface area contributed by atoms with E-state index in [1.165, 1.54) is 30.2 Å². The number of methoxy groups -OCH3 is 1. The van der Waals surface area contributed by atoms with Gasteiger partial charge in [0, 0.05) is 17.6 Å². The Morgan fingerprint density at radius 1 is 1.16 bits per heavy atom. The third-order valence-electron chi connectivity index (χ3n) is 6.54. The van der Waals surface area contributed by atoms with Crippen LogP contribution in [0.2, 0.25) is 5.02 Å². The Morgan fingerprint density at radius 2 is 1.89 bits per heavy atom. The summed E-state index contributed by atoms with van der Waals surface area (Å²) in [6.07, 6.45) is 3.83. The van der Waals surface area contributed by atoms with Crippen LogP contribution in [0.5, 0.6) is 0 Å². The fourth-order valence-electron chi connectivity index (χ4n) is 4.43. The molecule has 5 rings (SSSR count). The number of carbonyl (C=O) groups is 2. The van der Waals surface area contributed by atoms with Crippen LogP contribution in [0.3, 0.4) is 0 Å². The van der Waals surface area contributed by atoms with Crippen LogP contribution in [0.25, 0.3) is 17.2 Å². The number of hydrogen-bond donors (Lipinski definition) is 1. The first kappa shape index (κ1) is 26.5. The van der Waals surface area contributed by atoms with Gasteiger partial charge in [-0.05, 0) is 57.2 Å². The molecule has 0 saturated carbocycles. The van der Waals surface area contributed by atoms with Gasteiger partial charge in [-0.3, -0.25) is 14.0 Å². The van der Waals surface area contributed by atoms with Crippen molar-refractivity contribution < 1.29 is 14.3 Å². The number of benzene rings is 1. The monoisotopic (exact) mass is 570 g/mol. The van der Waals surface area contributed by atoms with Crippen LogP contribution in [0, 0.1) is 13.8 Å². The molecule has 12 heteroatoms. The molecule has 1 N–H and O–H groups in total. The third-order valence-corrected chi connectivity index (χ3v) is 9.13. The maximum Gasteiger partial charge on any atom is 0.341 e. The van der Waals surface area contributed by atoms with Crippen molar-refractivity contribution in [1.82, 2.24) is 24.5 Å². The molecule has 3 heterocycles. The van der Waals surface area contributed by atoms with Crippen molar-refractivity contribution in [2.75, 3.05) is 18.2 Å². The number of rotatable bonds is 7. The highest BCUT2D eigenvalue weighted by molar-refractivity contribution is 7.99. The first-order chi connectivity index (χ1) is 18.3. The van der Waals surface area contributed by atoms with Crippen LogP contribution >= 0.6 is 34.7 Å². The van der Waals surface area contributed by atoms with Crippen LogP contribution in [0.15, 0.2) is 29.4 Å². The second-order valence-corrected chi connectivity index (χ2v) is 11.5. The molecule has 9 nitrogen and oxygen atoms in total. The molecule has 1 aliphatic carbocycles. The Labute approximate surface area is 233 Å². The molecule has 38 heavy (non-hydrogen) atoms. The number of thioether (sulfide) groups is 1. The van der Waals surface area contributed by atoms with Gasteiger partial charge in [0.15, 0.2) is 11.0 Å². The predicted octanol–water partition coefficient (Wildman–Crippen LogP) is 5.40. The van der Waals surface area contributed by atoms with E-state index in [9.17, 15) is 9.59 Å². The minimum atomic E-state index is -0.418. The number of fused-ring (bicyclic) bond motifs is 1. The SMILES string of the molecule is COC(=O)c1c(NC(=O)CSc2nnc(-c3nn(C)c(C)c3Cl)n2-c2ccc(C)cc2)sc2c1CCCC2. The molecule has 1 amide bonds. The molecule has 3 aromatic heterocycles. The summed E-state index contributed by atoms with van der Waals surface area (Å²) in [7, 11) is 3.18. The number of esters is 1. The van der Waals surface area contributed by atoms with Crippen LogP contribution in [0.4, 0.5) is 5.00 Å². The minimum absolute atomic E-state index is 0.0716. The topological polar surface area (TPSA) is 104 Å². The van der Waals surface area contributed by atoms with E-state index >= 15 is 0 Å². The van der Waals surface area contributed by atoms with Crippen LogP contribution in [0.1, 0.15) is 44.9 Å². The lowest BCUT2D eigenvalue weighted by Crippen LogP contribution is -2.17. The van der Waals surface area contributed by atoms with E-state index in [1.807, 2.05) is 49.7 Å². The maximum absolute atomic E-state index is 13.1. The zero-order valence-electron chi connectivity index (χ0n) is 21.5. The number of halogens is 1. The molecule has 0 saturated heterocycles. The molecule has 198 valence electrons. The smallest absolute Gasteiger partial charge is 0.341 e. The molecule has 0 spiro atoms. The van der Waals surface area contributed by atoms with Crippen molar-refractivity contribution in [3.8, 4) is 17.2 Å². The molecule has 0 atom stereocenters. The maximum atomic E-state index is 13.1. The molecule has 0 unspecified atom stereocenters. The summed E-state index contributed by atoms with van der Waals surface area (Å²) < 4.78 is 8.58. The lowest BCUT2D eigenvalue weighted by molar-refractivity contribution is -0.113. The van der Waals surface area contributed by atoms with Crippen molar-refractivity contribution >= 4 is 51.6 Å². The van der Waals surface area contributed by atoms with E-state index in [4.69, 9.17) is 16.3 Å². The van der Waals surface area contributed by atoms with Crippen LogP contribution in [-0.4, -0.2) is 49.3 Å². The summed E-state index contributed by atoms with van der Waals surface area (Å²) in [5.74, 6) is -0.101. The van der Waals surface area contributed by atoms with Crippen molar-refractivity contribution in [2.24, 2.45) is 7.05 Å². The summed E-state index contributed by atoms with van der Waals surface area (Å²) in [6, 6.07) is 7.93. The summed E-state index contributed by atoms with van der Waals surface area (Å²) >= 11 is 9.30. The molecule has 0 bridgehead atoms. The van der Waals surface area contributed by atoms with Crippen molar-refractivity contribution in [3.05, 3.63) is 56.5 Å². The van der Waals surface area contributed by atoms with Gasteiger partial charge in [-0.25, -0.2) is 4.79 Å². The Kier molecular flexibility index (Phi) is 7.60. The number of nitrogens with one attached hydrogen (secondary N) is 1. The second-order valence-electron chi connectivity index (χ2n) is 9.09. The van der Waals surface area contributed by atoms with Crippen molar-refractivity contribution in [3.63, 3.8) is 0 Å². The quantitative estimate of drug-likeness (QED) is 0.234. The number of aromatic nitrogens is 5. The molecular weight excluding hydrogens is 544 g/mol. The summed E-state index contributed by atoms with van der Waals surface area (Å²) in [6.45, 7) is 3.90. The number of anilines is 1. The van der Waals surface area contributed by atoms with Gasteiger partial charge in [0.25, 0.3) is 0 Å². The second kappa shape index (κ2) is 10.9. The number of carbonyl (C=O) groups excluding carboxylic acids is 2. The lowest BCUT2D eigenvalue weighted by atomic mass is 9.95. The van der Waals surface area contributed by atoms with Gasteiger partial charge in [0.1, 0.15) is 10.7 Å². The predicted molar refractivity (Wildman–Crippen MR) is 150 cm³/mol. The molecule has 4 aromatic rings. The lowest BCUT2D eigenvalue weighted by Gasteiger charge is -2.12. The summed E-state index contributed by atoms with van der Waals surface area (Å²) in [5.41, 5.74) is 4.76. The fraction of sp³-hybridized carbons (Fsp3) is 0.346. The number of thiophene rings is 1. The van der Waals surface area contributed by atoms with E-state index < -0.39 is 5.97 Å². The van der Waals surface area contributed by atoms with E-state index in [0.717, 1.165) is 53.1 Å². The average Bonchev–Trinajstić information content (AvgIpc) is 3.57. The van der Waals surface area contributed by atoms with E-state index in [-0.39, 0.29) is 11.7 Å². The average molecular weight is 571 g/mol. The number of nitrogens with zero attached hydrogens (tertiary/aromatic N) is 5. The van der Waals surface area contributed by atoms with Gasteiger partial charge in [0.05, 0.1) is 29.1 Å². The Morgan fingerprint density at radius 3 is 2.58 bits per heavy atom. The zero-order valence-corrected chi connectivity index (χ0v) is 23.9. The highest BCUT2D eigenvalue weighted by atomic mass is 35.5. The van der Waals surface area contributed by atoms with Gasteiger partial charge < -0.3 is 10.1 Å². The first-order valence-corrected chi connectivity index (χ1v) is 14.3. The molecule has 1 aromatic carbocycles. The zero-order chi connectivity index (χ0) is 27.0. The Balaban J connectivity index is 1.42. The molecule has 0 fully saturated rings. The number of hydrogen-bond acceptors (Lipinski definition) is 8. The van der Waals surface area contributed by atoms with Crippen molar-refractivity contribution in [1.29, 1.82) is 0 Å². The molecular formula is C26H27ClN6O3S2. The largest absolute Gasteiger partial charge is 0.465 e. The standard InChI is InChI=1S/C26H27ClN6O3S2/c1-14-9-11-16(12-10-14)33-23(22-21(27)15(2)32(3)31-22)29-30-26(33)37-13-19(34)28-24-20(25(35)36-4)17-7-5-6-8-18(17)38-24/h9-12H,5-8,13H2,1-4H3,(H,28,34). The Hall–Kier alpha value is -3.15. The molecule has 0 aliphatic heterocycles. The van der Waals surface area contributed by atoms with Gasteiger partial charge in [-0.1, -0.05) is 41.1 Å². The van der Waals surface area contributed by atoms with Gasteiger partial charge in [-0.2, -0.15) is 5.10 Å². The number of aryl methyl sites for hydroxylation is 3. The minimum Gasteiger partial charge on any atom is -0.465 e. The first-order valence-electron chi connectivity index (χ1n) is 12.2. The highest BCUT2D eigenvalue weighted by Gasteiger charge is 2.28. The molecule has 1 aliphatic rings. The number of amides is 1. The fourth-order valence-corrected chi connectivity index (χ4v) is 6.72. The van der Waals surface area contributed by atoms with Gasteiger partial charge in [0.2, 0.25) is 5.91 Å². The summed E-state index contributed by atoms with van der Waals surface area (Å²) in [5, 5.41) is 17.8.